The Bertz CT molecular complexity index is 591. The molecule has 0 amide bonds. The van der Waals surface area contributed by atoms with Gasteiger partial charge in [0, 0.05) is 6.42 Å². The van der Waals surface area contributed by atoms with E-state index in [0.717, 1.165) is 41.9 Å². The van der Waals surface area contributed by atoms with Crippen molar-refractivity contribution in [1.82, 2.24) is 0 Å². The molecule has 1 N–H and O–H groups in total. The van der Waals surface area contributed by atoms with Gasteiger partial charge in [-0.15, -0.1) is 0 Å². The standard InChI is InChI=1S/C27H45O/c1-18(2)7-6-8-19(3)23-11-12-24-22-10-9-20-17-21(28)13-15-26(20,4)25(22)14-16-27(23,24)5/h9,17-19,21-25,28H,6-8,10-16H2,1-5H3/t19-,21+,22+,23-,24+,25+,26+,27-/m1/s1. The van der Waals surface area contributed by atoms with E-state index in [4.69, 9.17) is 0 Å². The van der Waals surface area contributed by atoms with Crippen LogP contribution in [0.25, 0.3) is 0 Å². The Morgan fingerprint density at radius 3 is 2.54 bits per heavy atom. The Morgan fingerprint density at radius 1 is 1.00 bits per heavy atom. The third-order valence-electron chi connectivity index (χ3n) is 10.1. The summed E-state index contributed by atoms with van der Waals surface area (Å²) < 4.78 is 0. The lowest BCUT2D eigenvalue weighted by Gasteiger charge is -2.58. The van der Waals surface area contributed by atoms with Crippen LogP contribution in [0.15, 0.2) is 11.6 Å². The zero-order valence-electron chi connectivity index (χ0n) is 19.2. The largest absolute Gasteiger partial charge is 0.392 e. The van der Waals surface area contributed by atoms with Crippen molar-refractivity contribution in [3.63, 3.8) is 0 Å². The molecule has 1 heteroatoms. The molecule has 0 aromatic carbocycles. The van der Waals surface area contributed by atoms with Crippen molar-refractivity contribution >= 4 is 0 Å². The fraction of sp³-hybridized carbons (Fsp3) is 0.889. The summed E-state index contributed by atoms with van der Waals surface area (Å²) >= 11 is 0. The molecule has 0 saturated heterocycles. The molecule has 4 aliphatic carbocycles. The van der Waals surface area contributed by atoms with Crippen LogP contribution in [-0.2, 0) is 0 Å². The predicted molar refractivity (Wildman–Crippen MR) is 119 cm³/mol. The lowest BCUT2D eigenvalue weighted by molar-refractivity contribution is -0.0522. The van der Waals surface area contributed by atoms with E-state index >= 15 is 0 Å². The van der Waals surface area contributed by atoms with Crippen LogP contribution in [0, 0.1) is 52.8 Å². The third-order valence-corrected chi connectivity index (χ3v) is 10.1. The molecule has 0 aromatic heterocycles. The molecule has 4 rings (SSSR count). The second-order valence-corrected chi connectivity index (χ2v) is 12.0. The molecule has 3 fully saturated rings. The summed E-state index contributed by atoms with van der Waals surface area (Å²) in [4.78, 5) is 0. The highest BCUT2D eigenvalue weighted by Crippen LogP contribution is 2.67. The van der Waals surface area contributed by atoms with Crippen LogP contribution in [0.2, 0.25) is 0 Å². The highest BCUT2D eigenvalue weighted by Gasteiger charge is 2.59. The zero-order chi connectivity index (χ0) is 20.1. The topological polar surface area (TPSA) is 20.2 Å². The van der Waals surface area contributed by atoms with Gasteiger partial charge < -0.3 is 5.11 Å². The van der Waals surface area contributed by atoms with Gasteiger partial charge in [0.25, 0.3) is 0 Å². The lowest BCUT2D eigenvalue weighted by atomic mass is 9.47. The second-order valence-electron chi connectivity index (χ2n) is 12.0. The van der Waals surface area contributed by atoms with Crippen LogP contribution in [0.4, 0.5) is 0 Å². The van der Waals surface area contributed by atoms with Crippen molar-refractivity contribution in [3.8, 4) is 0 Å². The molecule has 28 heavy (non-hydrogen) atoms. The number of hydrogen-bond acceptors (Lipinski definition) is 1. The minimum atomic E-state index is -0.202. The van der Waals surface area contributed by atoms with Gasteiger partial charge in [-0.2, -0.15) is 0 Å². The van der Waals surface area contributed by atoms with Gasteiger partial charge >= 0.3 is 0 Å². The van der Waals surface area contributed by atoms with Crippen molar-refractivity contribution < 1.29 is 5.11 Å². The molecule has 0 spiro atoms. The molecule has 1 radical (unpaired) electrons. The maximum atomic E-state index is 10.2. The maximum absolute atomic E-state index is 10.2. The third kappa shape index (κ3) is 3.42. The molecule has 0 aromatic rings. The summed E-state index contributed by atoms with van der Waals surface area (Å²) in [6, 6.07) is 0. The molecule has 159 valence electrons. The predicted octanol–water partition coefficient (Wildman–Crippen LogP) is 7.20. The van der Waals surface area contributed by atoms with Gasteiger partial charge in [-0.3, -0.25) is 0 Å². The van der Waals surface area contributed by atoms with E-state index < -0.39 is 0 Å². The number of rotatable bonds is 5. The molecular weight excluding hydrogens is 340 g/mol. The van der Waals surface area contributed by atoms with Crippen molar-refractivity contribution in [2.75, 3.05) is 0 Å². The summed E-state index contributed by atoms with van der Waals surface area (Å²) in [5.74, 6) is 5.38. The van der Waals surface area contributed by atoms with Gasteiger partial charge in [0.2, 0.25) is 0 Å². The lowest BCUT2D eigenvalue weighted by Crippen LogP contribution is -2.51. The highest BCUT2D eigenvalue weighted by atomic mass is 16.3. The van der Waals surface area contributed by atoms with Crippen molar-refractivity contribution in [1.29, 1.82) is 0 Å². The quantitative estimate of drug-likeness (QED) is 0.530. The van der Waals surface area contributed by atoms with E-state index in [1.54, 1.807) is 0 Å². The Kier molecular flexibility index (Phi) is 5.80. The normalized spacial score (nSPS) is 46.5. The highest BCUT2D eigenvalue weighted by molar-refractivity contribution is 5.32. The first-order chi connectivity index (χ1) is 13.3. The smallest absolute Gasteiger partial charge is 0.0612 e. The molecule has 4 aliphatic rings. The van der Waals surface area contributed by atoms with Crippen LogP contribution in [0.1, 0.15) is 98.8 Å². The molecule has 0 heterocycles. The first kappa shape index (κ1) is 21.0. The fourth-order valence-corrected chi connectivity index (χ4v) is 8.47. The molecule has 8 atom stereocenters. The van der Waals surface area contributed by atoms with Gasteiger partial charge in [0.15, 0.2) is 0 Å². The number of aliphatic hydroxyl groups is 1. The summed E-state index contributed by atoms with van der Waals surface area (Å²) in [7, 11) is 0. The SMILES string of the molecule is CC(C)CCC[C@@H](C)[C@H]1CC[C@H]2[C@@H]3CC=C4[CH][C@@H](O)CC[C@]4(C)[C@H]3CC[C@]12C. The monoisotopic (exact) mass is 385 g/mol. The molecule has 1 nitrogen and oxygen atoms in total. The Morgan fingerprint density at radius 2 is 1.79 bits per heavy atom. The molecule has 0 unspecified atom stereocenters. The summed E-state index contributed by atoms with van der Waals surface area (Å²) in [6.45, 7) is 12.5. The molecular formula is C27H45O. The average molecular weight is 386 g/mol. The van der Waals surface area contributed by atoms with Crippen molar-refractivity contribution in [2.45, 2.75) is 105 Å². The zero-order valence-corrected chi connectivity index (χ0v) is 19.2. The number of fused-ring (bicyclic) bond motifs is 5. The summed E-state index contributed by atoms with van der Waals surface area (Å²) in [5.41, 5.74) is 2.41. The Hall–Kier alpha value is -0.300. The maximum Gasteiger partial charge on any atom is 0.0612 e. The van der Waals surface area contributed by atoms with E-state index in [-0.39, 0.29) is 6.10 Å². The Balaban J connectivity index is 1.49. The van der Waals surface area contributed by atoms with E-state index in [1.165, 1.54) is 63.4 Å². The van der Waals surface area contributed by atoms with Gasteiger partial charge in [-0.25, -0.2) is 0 Å². The number of hydrogen-bond donors (Lipinski definition) is 1. The van der Waals surface area contributed by atoms with Crippen LogP contribution in [0.5, 0.6) is 0 Å². The first-order valence-electron chi connectivity index (χ1n) is 12.5. The van der Waals surface area contributed by atoms with Crippen LogP contribution < -0.4 is 0 Å². The van der Waals surface area contributed by atoms with E-state index in [9.17, 15) is 5.11 Å². The summed E-state index contributed by atoms with van der Waals surface area (Å²) in [6.07, 6.45) is 18.0. The molecule has 0 bridgehead atoms. The molecule has 3 saturated carbocycles. The van der Waals surface area contributed by atoms with Crippen molar-refractivity contribution in [2.24, 2.45) is 46.3 Å². The van der Waals surface area contributed by atoms with Crippen LogP contribution in [0.3, 0.4) is 0 Å². The number of aliphatic hydroxyl groups excluding tert-OH is 1. The minimum absolute atomic E-state index is 0.202. The van der Waals surface area contributed by atoms with Gasteiger partial charge in [0.05, 0.1) is 6.10 Å². The summed E-state index contributed by atoms with van der Waals surface area (Å²) in [5, 5.41) is 10.2. The van der Waals surface area contributed by atoms with Crippen molar-refractivity contribution in [3.05, 3.63) is 18.1 Å². The van der Waals surface area contributed by atoms with Gasteiger partial charge in [-0.05, 0) is 91.3 Å². The van der Waals surface area contributed by atoms with Crippen LogP contribution in [-0.4, -0.2) is 11.2 Å². The minimum Gasteiger partial charge on any atom is -0.392 e. The average Bonchev–Trinajstić information content (AvgIpc) is 2.99. The van der Waals surface area contributed by atoms with Gasteiger partial charge in [0.1, 0.15) is 0 Å². The molecule has 0 aliphatic heterocycles. The van der Waals surface area contributed by atoms with E-state index in [1.807, 2.05) is 0 Å². The fourth-order valence-electron chi connectivity index (χ4n) is 8.47. The second kappa shape index (κ2) is 7.75. The van der Waals surface area contributed by atoms with E-state index in [2.05, 4.69) is 47.1 Å². The van der Waals surface area contributed by atoms with E-state index in [0.29, 0.717) is 10.8 Å². The Labute approximate surface area is 174 Å². The van der Waals surface area contributed by atoms with Crippen LogP contribution >= 0.6 is 0 Å². The number of allylic oxidation sites excluding steroid dienone is 1. The first-order valence-corrected chi connectivity index (χ1v) is 12.5. The van der Waals surface area contributed by atoms with Gasteiger partial charge in [-0.1, -0.05) is 65.5 Å².